The van der Waals surface area contributed by atoms with E-state index in [4.69, 9.17) is 0 Å². The molecule has 2 unspecified atom stereocenters. The van der Waals surface area contributed by atoms with Crippen molar-refractivity contribution < 1.29 is 13.2 Å². The number of carbonyl (C=O) groups excluding carboxylic acids is 1. The second kappa shape index (κ2) is 5.70. The van der Waals surface area contributed by atoms with Crippen molar-refractivity contribution in [1.82, 2.24) is 9.62 Å². The van der Waals surface area contributed by atoms with E-state index in [1.165, 1.54) is 4.31 Å². The average molecular weight is 373 g/mol. The van der Waals surface area contributed by atoms with Crippen LogP contribution < -0.4 is 5.32 Å². The zero-order chi connectivity index (χ0) is 15.0. The van der Waals surface area contributed by atoms with Gasteiger partial charge in [0.2, 0.25) is 15.9 Å². The van der Waals surface area contributed by atoms with Gasteiger partial charge in [0.05, 0.1) is 16.9 Å². The Kier molecular flexibility index (Phi) is 4.07. The fraction of sp³-hybridized carbons (Fsp3) is 0.500. The number of alkyl halides is 1. The largest absolute Gasteiger partial charge is 0.354 e. The number of sulfonamides is 1. The lowest BCUT2D eigenvalue weighted by Gasteiger charge is -2.34. The van der Waals surface area contributed by atoms with Gasteiger partial charge in [-0.25, -0.2) is 8.42 Å². The Hall–Kier alpha value is -0.920. The van der Waals surface area contributed by atoms with Crippen LogP contribution in [0.1, 0.15) is 18.4 Å². The molecular weight excluding hydrogens is 356 g/mol. The Balaban J connectivity index is 1.91. The number of carbonyl (C=O) groups is 1. The summed E-state index contributed by atoms with van der Waals surface area (Å²) in [4.78, 5) is 12.1. The summed E-state index contributed by atoms with van der Waals surface area (Å²) in [5, 5.41) is 3.48. The molecule has 2 aliphatic heterocycles. The maximum atomic E-state index is 12.8. The Bertz CT molecular complexity index is 645. The van der Waals surface area contributed by atoms with Crippen LogP contribution in [0.5, 0.6) is 0 Å². The van der Waals surface area contributed by atoms with Crippen molar-refractivity contribution in [3.05, 3.63) is 29.8 Å². The fourth-order valence-electron chi connectivity index (χ4n) is 3.10. The number of nitrogens with one attached hydrogen (secondary N) is 1. The molecule has 1 amide bonds. The van der Waals surface area contributed by atoms with E-state index in [0.29, 0.717) is 23.3 Å². The van der Waals surface area contributed by atoms with E-state index in [-0.39, 0.29) is 17.9 Å². The second-order valence-electron chi connectivity index (χ2n) is 5.45. The van der Waals surface area contributed by atoms with Crippen LogP contribution in [0, 0.1) is 5.92 Å². The first kappa shape index (κ1) is 15.0. The van der Waals surface area contributed by atoms with Gasteiger partial charge in [0.25, 0.3) is 0 Å². The van der Waals surface area contributed by atoms with Crippen molar-refractivity contribution in [2.24, 2.45) is 5.92 Å². The summed E-state index contributed by atoms with van der Waals surface area (Å²) in [7, 11) is -3.54. The first-order valence-corrected chi connectivity index (χ1v) is 9.54. The summed E-state index contributed by atoms with van der Waals surface area (Å²) in [5.74, 6) is -0.218. The summed E-state index contributed by atoms with van der Waals surface area (Å²) >= 11 is 3.35. The molecule has 2 aliphatic rings. The molecular formula is C14H17BrN2O3S. The van der Waals surface area contributed by atoms with E-state index in [2.05, 4.69) is 21.2 Å². The minimum absolute atomic E-state index is 0.0189. The number of hydrogen-bond donors (Lipinski definition) is 1. The molecule has 21 heavy (non-hydrogen) atoms. The number of amides is 1. The highest BCUT2D eigenvalue weighted by atomic mass is 79.9. The molecule has 0 bridgehead atoms. The van der Waals surface area contributed by atoms with Gasteiger partial charge in [-0.3, -0.25) is 4.79 Å². The van der Waals surface area contributed by atoms with Crippen LogP contribution >= 0.6 is 15.9 Å². The lowest BCUT2D eigenvalue weighted by atomic mass is 9.93. The molecule has 1 aromatic rings. The fourth-order valence-corrected chi connectivity index (χ4v) is 5.17. The molecule has 3 rings (SSSR count). The summed E-state index contributed by atoms with van der Waals surface area (Å²) in [5.41, 5.74) is 1.03. The molecule has 2 fully saturated rings. The van der Waals surface area contributed by atoms with Gasteiger partial charge < -0.3 is 5.32 Å². The van der Waals surface area contributed by atoms with Crippen molar-refractivity contribution in [3.63, 3.8) is 0 Å². The minimum atomic E-state index is -3.54. The summed E-state index contributed by atoms with van der Waals surface area (Å²) < 4.78 is 27.1. The van der Waals surface area contributed by atoms with Crippen LogP contribution in [0.15, 0.2) is 29.2 Å². The van der Waals surface area contributed by atoms with Gasteiger partial charge in [-0.1, -0.05) is 28.1 Å². The van der Waals surface area contributed by atoms with Gasteiger partial charge in [0.1, 0.15) is 0 Å². The van der Waals surface area contributed by atoms with Crippen LogP contribution in [-0.2, 0) is 20.1 Å². The molecule has 2 heterocycles. The maximum absolute atomic E-state index is 12.8. The predicted octanol–water partition coefficient (Wildman–Crippen LogP) is 1.48. The number of nitrogens with zero attached hydrogens (tertiary/aromatic N) is 1. The molecule has 1 aromatic carbocycles. The zero-order valence-corrected chi connectivity index (χ0v) is 13.9. The molecule has 5 nitrogen and oxygen atoms in total. The maximum Gasteiger partial charge on any atom is 0.243 e. The van der Waals surface area contributed by atoms with Crippen LogP contribution in [0.25, 0.3) is 0 Å². The molecule has 2 atom stereocenters. The van der Waals surface area contributed by atoms with Gasteiger partial charge in [0, 0.05) is 18.4 Å². The van der Waals surface area contributed by atoms with Crippen LogP contribution in [0.3, 0.4) is 0 Å². The Morgan fingerprint density at radius 2 is 2.00 bits per heavy atom. The SMILES string of the molecule is O=C1NCC2C1CCCN2S(=O)(=O)c1ccc(CBr)cc1. The number of piperidine rings is 1. The number of fused-ring (bicyclic) bond motifs is 1. The highest BCUT2D eigenvalue weighted by Crippen LogP contribution is 2.32. The first-order valence-electron chi connectivity index (χ1n) is 6.98. The van der Waals surface area contributed by atoms with Gasteiger partial charge in [0.15, 0.2) is 0 Å². The normalized spacial score (nSPS) is 26.4. The molecule has 0 aliphatic carbocycles. The van der Waals surface area contributed by atoms with Crippen LogP contribution in [0.4, 0.5) is 0 Å². The van der Waals surface area contributed by atoms with Gasteiger partial charge >= 0.3 is 0 Å². The summed E-state index contributed by atoms with van der Waals surface area (Å²) in [6.07, 6.45) is 1.50. The monoisotopic (exact) mass is 372 g/mol. The highest BCUT2D eigenvalue weighted by molar-refractivity contribution is 9.08. The van der Waals surface area contributed by atoms with E-state index in [1.807, 2.05) is 0 Å². The van der Waals surface area contributed by atoms with E-state index in [1.54, 1.807) is 24.3 Å². The number of rotatable bonds is 3. The Morgan fingerprint density at radius 1 is 1.29 bits per heavy atom. The van der Waals surface area contributed by atoms with Crippen LogP contribution in [0.2, 0.25) is 0 Å². The highest BCUT2D eigenvalue weighted by Gasteiger charge is 2.45. The minimum Gasteiger partial charge on any atom is -0.354 e. The van der Waals surface area contributed by atoms with Crippen molar-refractivity contribution in [3.8, 4) is 0 Å². The standard InChI is InChI=1S/C14H17BrN2O3S/c15-8-10-3-5-11(6-4-10)21(19,20)17-7-1-2-12-13(17)9-16-14(12)18/h3-6,12-13H,1-2,7-9H2,(H,16,18). The third-order valence-corrected chi connectivity index (χ3v) is 6.82. The zero-order valence-electron chi connectivity index (χ0n) is 11.5. The third kappa shape index (κ3) is 2.62. The lowest BCUT2D eigenvalue weighted by Crippen LogP contribution is -2.48. The molecule has 0 spiro atoms. The van der Waals surface area contributed by atoms with E-state index >= 15 is 0 Å². The van der Waals surface area contributed by atoms with Crippen molar-refractivity contribution in [2.75, 3.05) is 13.1 Å². The molecule has 2 saturated heterocycles. The van der Waals surface area contributed by atoms with E-state index in [0.717, 1.165) is 18.4 Å². The van der Waals surface area contributed by atoms with E-state index < -0.39 is 10.0 Å². The first-order chi connectivity index (χ1) is 10.0. The van der Waals surface area contributed by atoms with E-state index in [9.17, 15) is 13.2 Å². The van der Waals surface area contributed by atoms with Gasteiger partial charge in [-0.05, 0) is 30.5 Å². The van der Waals surface area contributed by atoms with Crippen molar-refractivity contribution in [1.29, 1.82) is 0 Å². The predicted molar refractivity (Wildman–Crippen MR) is 82.5 cm³/mol. The molecule has 0 aromatic heterocycles. The second-order valence-corrected chi connectivity index (χ2v) is 7.91. The quantitative estimate of drug-likeness (QED) is 0.817. The topological polar surface area (TPSA) is 66.5 Å². The molecule has 0 radical (unpaired) electrons. The Morgan fingerprint density at radius 3 is 2.67 bits per heavy atom. The number of hydrogen-bond acceptors (Lipinski definition) is 3. The third-order valence-electron chi connectivity index (χ3n) is 4.23. The summed E-state index contributed by atoms with van der Waals surface area (Å²) in [6, 6.07) is 6.65. The number of halogens is 1. The molecule has 7 heteroatoms. The van der Waals surface area contributed by atoms with Gasteiger partial charge in [-0.15, -0.1) is 0 Å². The van der Waals surface area contributed by atoms with Gasteiger partial charge in [-0.2, -0.15) is 4.31 Å². The number of benzene rings is 1. The molecule has 0 saturated carbocycles. The summed E-state index contributed by atoms with van der Waals surface area (Å²) in [6.45, 7) is 0.904. The molecule has 1 N–H and O–H groups in total. The van der Waals surface area contributed by atoms with Crippen LogP contribution in [-0.4, -0.2) is 37.8 Å². The van der Waals surface area contributed by atoms with Crippen molar-refractivity contribution >= 4 is 31.9 Å². The lowest BCUT2D eigenvalue weighted by molar-refractivity contribution is -0.123. The average Bonchev–Trinajstić information content (AvgIpc) is 2.89. The smallest absolute Gasteiger partial charge is 0.243 e. The molecule has 114 valence electrons. The Labute approximate surface area is 132 Å². The van der Waals surface area contributed by atoms with Crippen molar-refractivity contribution in [2.45, 2.75) is 29.1 Å².